The third-order valence-corrected chi connectivity index (χ3v) is 3.05. The molecule has 0 unspecified atom stereocenters. The maximum Gasteiger partial charge on any atom is 0.277 e. The number of hydrogen-bond acceptors (Lipinski definition) is 6. The first kappa shape index (κ1) is 17.8. The minimum absolute atomic E-state index is 0.0348. The van der Waals surface area contributed by atoms with Crippen LogP contribution in [0.5, 0.6) is 17.2 Å². The number of hydrazone groups is 1. The molecule has 0 saturated carbocycles. The van der Waals surface area contributed by atoms with Crippen molar-refractivity contribution in [1.29, 1.82) is 5.26 Å². The highest BCUT2D eigenvalue weighted by molar-refractivity contribution is 5.83. The van der Waals surface area contributed by atoms with E-state index < -0.39 is 5.91 Å². The number of nitrogens with one attached hydrogen (secondary N) is 1. The van der Waals surface area contributed by atoms with E-state index >= 15 is 0 Å². The number of ether oxygens (including phenoxy) is 2. The monoisotopic (exact) mass is 339 g/mol. The number of hydrogen-bond donors (Lipinski definition) is 2. The molecule has 1 amide bonds. The van der Waals surface area contributed by atoms with Crippen molar-refractivity contribution in [1.82, 2.24) is 5.43 Å². The van der Waals surface area contributed by atoms with Crippen molar-refractivity contribution < 1.29 is 19.4 Å². The first-order chi connectivity index (χ1) is 12.1. The minimum atomic E-state index is -0.465. The average Bonchev–Trinajstić information content (AvgIpc) is 2.63. The van der Waals surface area contributed by atoms with Gasteiger partial charge >= 0.3 is 0 Å². The Hall–Kier alpha value is -3.53. The van der Waals surface area contributed by atoms with Crippen LogP contribution in [0.25, 0.3) is 0 Å². The summed E-state index contributed by atoms with van der Waals surface area (Å²) >= 11 is 0. The lowest BCUT2D eigenvalue weighted by atomic mass is 10.2. The highest BCUT2D eigenvalue weighted by Crippen LogP contribution is 2.26. The Morgan fingerprint density at radius 1 is 1.28 bits per heavy atom. The van der Waals surface area contributed by atoms with E-state index in [2.05, 4.69) is 10.5 Å². The lowest BCUT2D eigenvalue weighted by molar-refractivity contribution is -0.123. The predicted molar refractivity (Wildman–Crippen MR) is 91.7 cm³/mol. The zero-order valence-corrected chi connectivity index (χ0v) is 13.6. The van der Waals surface area contributed by atoms with Crippen molar-refractivity contribution in [2.24, 2.45) is 5.10 Å². The summed E-state index contributed by atoms with van der Waals surface area (Å²) in [7, 11) is 0. The fourth-order valence-corrected chi connectivity index (χ4v) is 1.92. The first-order valence-corrected chi connectivity index (χ1v) is 7.53. The van der Waals surface area contributed by atoms with Crippen LogP contribution in [0.1, 0.15) is 18.1 Å². The number of carbonyl (C=O) groups is 1. The van der Waals surface area contributed by atoms with Crippen LogP contribution >= 0.6 is 0 Å². The Labute approximate surface area is 145 Å². The third-order valence-electron chi connectivity index (χ3n) is 3.05. The molecule has 0 bridgehead atoms. The van der Waals surface area contributed by atoms with Gasteiger partial charge in [-0.3, -0.25) is 4.79 Å². The predicted octanol–water partition coefficient (Wildman–Crippen LogP) is 2.19. The van der Waals surface area contributed by atoms with Gasteiger partial charge in [0.1, 0.15) is 11.8 Å². The molecule has 0 fully saturated rings. The van der Waals surface area contributed by atoms with Gasteiger partial charge in [0.25, 0.3) is 5.91 Å². The summed E-state index contributed by atoms with van der Waals surface area (Å²) in [5.74, 6) is 0.249. The van der Waals surface area contributed by atoms with Crippen LogP contribution in [0, 0.1) is 11.3 Å². The second-order valence-electron chi connectivity index (χ2n) is 4.85. The molecule has 2 aromatic rings. The minimum Gasteiger partial charge on any atom is -0.504 e. The van der Waals surface area contributed by atoms with E-state index in [1.165, 1.54) is 12.3 Å². The smallest absolute Gasteiger partial charge is 0.277 e. The van der Waals surface area contributed by atoms with Gasteiger partial charge in [-0.25, -0.2) is 5.43 Å². The van der Waals surface area contributed by atoms with E-state index in [1.807, 2.05) is 13.0 Å². The molecule has 128 valence electrons. The lowest BCUT2D eigenvalue weighted by Gasteiger charge is -2.07. The van der Waals surface area contributed by atoms with Crippen molar-refractivity contribution in [3.63, 3.8) is 0 Å². The van der Waals surface area contributed by atoms with Gasteiger partial charge in [0.15, 0.2) is 18.1 Å². The molecule has 7 nitrogen and oxygen atoms in total. The number of phenolic OH excluding ortho intramolecular Hbond substituents is 1. The third kappa shape index (κ3) is 5.25. The molecule has 0 heterocycles. The van der Waals surface area contributed by atoms with E-state index in [0.29, 0.717) is 29.2 Å². The molecule has 2 rings (SSSR count). The molecule has 25 heavy (non-hydrogen) atoms. The van der Waals surface area contributed by atoms with Crippen molar-refractivity contribution in [2.45, 2.75) is 6.92 Å². The molecule has 0 atom stereocenters. The molecule has 0 spiro atoms. The summed E-state index contributed by atoms with van der Waals surface area (Å²) in [6.45, 7) is 1.97. The number of aromatic hydroxyl groups is 1. The summed E-state index contributed by atoms with van der Waals surface area (Å²) in [6.07, 6.45) is 1.42. The second kappa shape index (κ2) is 8.93. The molecule has 2 aromatic carbocycles. The Morgan fingerprint density at radius 3 is 2.84 bits per heavy atom. The number of benzene rings is 2. The fourth-order valence-electron chi connectivity index (χ4n) is 1.92. The first-order valence-electron chi connectivity index (χ1n) is 7.53. The van der Waals surface area contributed by atoms with Gasteiger partial charge in [0.2, 0.25) is 0 Å². The summed E-state index contributed by atoms with van der Waals surface area (Å²) < 4.78 is 10.6. The van der Waals surface area contributed by atoms with Crippen LogP contribution in [-0.2, 0) is 4.79 Å². The number of para-hydroxylation sites is 1. The van der Waals surface area contributed by atoms with Crippen LogP contribution in [0.3, 0.4) is 0 Å². The topological polar surface area (TPSA) is 104 Å². The van der Waals surface area contributed by atoms with Crippen molar-refractivity contribution in [3.05, 3.63) is 53.6 Å². The van der Waals surface area contributed by atoms with Crippen molar-refractivity contribution >= 4 is 12.1 Å². The van der Waals surface area contributed by atoms with E-state index in [9.17, 15) is 9.90 Å². The number of amides is 1. The average molecular weight is 339 g/mol. The zero-order chi connectivity index (χ0) is 18.1. The molecular formula is C18H17N3O4. The van der Waals surface area contributed by atoms with Gasteiger partial charge < -0.3 is 14.6 Å². The maximum absolute atomic E-state index is 11.7. The van der Waals surface area contributed by atoms with Crippen LogP contribution in [-0.4, -0.2) is 30.4 Å². The molecule has 7 heteroatoms. The number of carbonyl (C=O) groups excluding carboxylic acids is 1. The Kier molecular flexibility index (Phi) is 6.37. The Morgan fingerprint density at radius 2 is 2.08 bits per heavy atom. The van der Waals surface area contributed by atoms with E-state index in [-0.39, 0.29) is 12.4 Å². The molecule has 0 aliphatic heterocycles. The largest absolute Gasteiger partial charge is 0.504 e. The van der Waals surface area contributed by atoms with E-state index in [0.717, 1.165) is 0 Å². The summed E-state index contributed by atoms with van der Waals surface area (Å²) in [5.41, 5.74) is 3.33. The van der Waals surface area contributed by atoms with Gasteiger partial charge in [-0.05, 0) is 42.8 Å². The van der Waals surface area contributed by atoms with Gasteiger partial charge in [0, 0.05) is 0 Å². The van der Waals surface area contributed by atoms with Crippen LogP contribution in [0.2, 0.25) is 0 Å². The molecule has 0 aromatic heterocycles. The Bertz CT molecular complexity index is 812. The quantitative estimate of drug-likeness (QED) is 0.594. The molecule has 0 saturated heterocycles. The summed E-state index contributed by atoms with van der Waals surface area (Å²) in [6, 6.07) is 13.3. The number of nitrogens with zero attached hydrogens (tertiary/aromatic N) is 2. The molecule has 2 N–H and O–H groups in total. The molecule has 0 radical (unpaired) electrons. The van der Waals surface area contributed by atoms with Gasteiger partial charge in [-0.1, -0.05) is 12.1 Å². The zero-order valence-electron chi connectivity index (χ0n) is 13.6. The van der Waals surface area contributed by atoms with E-state index in [4.69, 9.17) is 14.7 Å². The summed E-state index contributed by atoms with van der Waals surface area (Å²) in [4.78, 5) is 11.7. The molecular weight excluding hydrogens is 322 g/mol. The second-order valence-corrected chi connectivity index (χ2v) is 4.85. The highest BCUT2D eigenvalue weighted by Gasteiger charge is 2.06. The van der Waals surface area contributed by atoms with Gasteiger partial charge in [-0.2, -0.15) is 10.4 Å². The highest BCUT2D eigenvalue weighted by atomic mass is 16.5. The number of nitriles is 1. The van der Waals surface area contributed by atoms with Crippen molar-refractivity contribution in [3.8, 4) is 23.3 Å². The maximum atomic E-state index is 11.7. The Balaban J connectivity index is 1.88. The lowest BCUT2D eigenvalue weighted by Crippen LogP contribution is -2.24. The number of rotatable bonds is 7. The molecule has 0 aliphatic carbocycles. The van der Waals surface area contributed by atoms with Crippen LogP contribution in [0.15, 0.2) is 47.6 Å². The van der Waals surface area contributed by atoms with Gasteiger partial charge in [-0.15, -0.1) is 0 Å². The van der Waals surface area contributed by atoms with Gasteiger partial charge in [0.05, 0.1) is 18.4 Å². The normalized spacial score (nSPS) is 10.2. The summed E-state index contributed by atoms with van der Waals surface area (Å²) in [5, 5.41) is 22.4. The van der Waals surface area contributed by atoms with E-state index in [1.54, 1.807) is 36.4 Å². The van der Waals surface area contributed by atoms with Crippen LogP contribution in [0.4, 0.5) is 0 Å². The number of phenols is 1. The van der Waals surface area contributed by atoms with Crippen molar-refractivity contribution in [2.75, 3.05) is 13.2 Å². The standard InChI is InChI=1S/C18H17N3O4/c1-2-24-17-9-13(7-8-15(17)22)11-20-21-18(23)12-25-16-6-4-3-5-14(16)10-19/h3-9,11,22H,2,12H2,1H3,(H,21,23)/b20-11+. The SMILES string of the molecule is CCOc1cc(/C=N/NC(=O)COc2ccccc2C#N)ccc1O. The molecule has 0 aliphatic rings. The fraction of sp³-hybridized carbons (Fsp3) is 0.167. The van der Waals surface area contributed by atoms with Crippen LogP contribution < -0.4 is 14.9 Å².